The molecule has 2 aliphatic heterocycles. The summed E-state index contributed by atoms with van der Waals surface area (Å²) in [6, 6.07) is 8.46. The first-order valence-corrected chi connectivity index (χ1v) is 8.53. The Morgan fingerprint density at radius 3 is 2.60 bits per heavy atom. The van der Waals surface area contributed by atoms with Crippen molar-refractivity contribution in [1.29, 1.82) is 0 Å². The Morgan fingerprint density at radius 1 is 1.04 bits per heavy atom. The summed E-state index contributed by atoms with van der Waals surface area (Å²) in [4.78, 5) is 10.9. The lowest BCUT2D eigenvalue weighted by atomic mass is 10.0. The lowest BCUT2D eigenvalue weighted by molar-refractivity contribution is 0.169. The first-order valence-electron chi connectivity index (χ1n) is 8.53. The van der Waals surface area contributed by atoms with E-state index in [0.717, 1.165) is 49.9 Å². The number of aromatic nitrogens is 2. The molecule has 7 heteroatoms. The third-order valence-electron chi connectivity index (χ3n) is 4.56. The summed E-state index contributed by atoms with van der Waals surface area (Å²) in [5, 5.41) is 3.66. The summed E-state index contributed by atoms with van der Waals surface area (Å²) in [5.41, 5.74) is 1.17. The molecule has 4 rings (SSSR count). The van der Waals surface area contributed by atoms with Gasteiger partial charge in [-0.1, -0.05) is 12.1 Å². The van der Waals surface area contributed by atoms with Crippen LogP contribution in [0, 0.1) is 0 Å². The zero-order valence-corrected chi connectivity index (χ0v) is 14.9. The summed E-state index contributed by atoms with van der Waals surface area (Å²) >= 11 is 0. The number of anilines is 1. The molecule has 1 aromatic carbocycles. The molecule has 2 aromatic rings. The summed E-state index contributed by atoms with van der Waals surface area (Å²) in [6.07, 6.45) is 5.77. The highest BCUT2D eigenvalue weighted by molar-refractivity contribution is 5.85. The number of fused-ring (bicyclic) bond motifs is 1. The first-order chi connectivity index (χ1) is 11.9. The van der Waals surface area contributed by atoms with Crippen molar-refractivity contribution in [3.8, 4) is 11.5 Å². The predicted octanol–water partition coefficient (Wildman–Crippen LogP) is 2.43. The standard InChI is InChI=1S/C18H22N4O2.ClH/c1-3-14(17-16(4-1)23-11-12-24-17)13-21-15-5-9-22(10-6-15)18-19-7-2-8-20-18;/h1-4,7-8,15,21H,5-6,9-13H2;1H. The minimum Gasteiger partial charge on any atom is -0.486 e. The predicted molar refractivity (Wildman–Crippen MR) is 98.8 cm³/mol. The Hall–Kier alpha value is -2.05. The molecule has 3 heterocycles. The number of piperidine rings is 1. The van der Waals surface area contributed by atoms with Gasteiger partial charge in [0.05, 0.1) is 0 Å². The largest absolute Gasteiger partial charge is 0.486 e. The van der Waals surface area contributed by atoms with Crippen molar-refractivity contribution in [2.45, 2.75) is 25.4 Å². The minimum atomic E-state index is 0. The van der Waals surface area contributed by atoms with Gasteiger partial charge in [0.1, 0.15) is 13.2 Å². The number of ether oxygens (including phenoxy) is 2. The molecule has 0 spiro atoms. The van der Waals surface area contributed by atoms with Crippen molar-refractivity contribution >= 4 is 18.4 Å². The lowest BCUT2D eigenvalue weighted by Crippen LogP contribution is -2.42. The fraction of sp³-hybridized carbons (Fsp3) is 0.444. The number of hydrogen-bond donors (Lipinski definition) is 1. The number of nitrogens with zero attached hydrogens (tertiary/aromatic N) is 3. The highest BCUT2D eigenvalue weighted by atomic mass is 35.5. The van der Waals surface area contributed by atoms with Gasteiger partial charge in [-0.05, 0) is 25.0 Å². The molecular weight excluding hydrogens is 340 g/mol. The minimum absolute atomic E-state index is 0. The second-order valence-electron chi connectivity index (χ2n) is 6.13. The van der Waals surface area contributed by atoms with Crippen molar-refractivity contribution in [1.82, 2.24) is 15.3 Å². The Balaban J connectivity index is 0.00000182. The van der Waals surface area contributed by atoms with Crippen LogP contribution in [0.4, 0.5) is 5.95 Å². The van der Waals surface area contributed by atoms with Gasteiger partial charge < -0.3 is 19.7 Å². The topological polar surface area (TPSA) is 59.5 Å². The van der Waals surface area contributed by atoms with Gasteiger partial charge in [-0.15, -0.1) is 12.4 Å². The Kier molecular flexibility index (Phi) is 5.94. The second kappa shape index (κ2) is 8.36. The van der Waals surface area contributed by atoms with Crippen LogP contribution < -0.4 is 19.7 Å². The van der Waals surface area contributed by atoms with Gasteiger partial charge in [-0.2, -0.15) is 0 Å². The third kappa shape index (κ3) is 4.14. The molecule has 0 amide bonds. The Labute approximate surface area is 154 Å². The van der Waals surface area contributed by atoms with E-state index in [1.807, 2.05) is 18.2 Å². The van der Waals surface area contributed by atoms with E-state index >= 15 is 0 Å². The van der Waals surface area contributed by atoms with Crippen molar-refractivity contribution < 1.29 is 9.47 Å². The van der Waals surface area contributed by atoms with Crippen LogP contribution in [0.2, 0.25) is 0 Å². The van der Waals surface area contributed by atoms with Crippen molar-refractivity contribution in [3.05, 3.63) is 42.2 Å². The summed E-state index contributed by atoms with van der Waals surface area (Å²) in [6.45, 7) is 4.02. The average molecular weight is 363 g/mol. The molecule has 134 valence electrons. The smallest absolute Gasteiger partial charge is 0.225 e. The number of para-hydroxylation sites is 1. The maximum atomic E-state index is 5.78. The van der Waals surface area contributed by atoms with Gasteiger partial charge >= 0.3 is 0 Å². The molecule has 0 atom stereocenters. The van der Waals surface area contributed by atoms with Crippen LogP contribution in [0.15, 0.2) is 36.7 Å². The fourth-order valence-corrected chi connectivity index (χ4v) is 3.27. The number of hydrogen-bond acceptors (Lipinski definition) is 6. The molecule has 1 fully saturated rings. The average Bonchev–Trinajstić information content (AvgIpc) is 2.67. The molecule has 1 aromatic heterocycles. The number of rotatable bonds is 4. The summed E-state index contributed by atoms with van der Waals surface area (Å²) < 4.78 is 11.4. The van der Waals surface area contributed by atoms with Crippen LogP contribution in [-0.2, 0) is 6.54 Å². The first kappa shape index (κ1) is 17.8. The summed E-state index contributed by atoms with van der Waals surface area (Å²) in [5.74, 6) is 2.58. The quantitative estimate of drug-likeness (QED) is 0.901. The van der Waals surface area contributed by atoms with Gasteiger partial charge in [0, 0.05) is 43.6 Å². The molecule has 6 nitrogen and oxygen atoms in total. The van der Waals surface area contributed by atoms with Gasteiger partial charge in [0.25, 0.3) is 0 Å². The van der Waals surface area contributed by atoms with E-state index in [-0.39, 0.29) is 12.4 Å². The number of nitrogens with one attached hydrogen (secondary N) is 1. The van der Waals surface area contributed by atoms with Crippen LogP contribution >= 0.6 is 12.4 Å². The van der Waals surface area contributed by atoms with Crippen LogP contribution in [-0.4, -0.2) is 42.3 Å². The molecule has 25 heavy (non-hydrogen) atoms. The Morgan fingerprint density at radius 2 is 1.80 bits per heavy atom. The summed E-state index contributed by atoms with van der Waals surface area (Å²) in [7, 11) is 0. The van der Waals surface area contributed by atoms with Crippen molar-refractivity contribution in [3.63, 3.8) is 0 Å². The molecule has 1 N–H and O–H groups in total. The highest BCUT2D eigenvalue weighted by Gasteiger charge is 2.21. The van der Waals surface area contributed by atoms with Crippen LogP contribution in [0.3, 0.4) is 0 Å². The monoisotopic (exact) mass is 362 g/mol. The zero-order chi connectivity index (χ0) is 16.2. The molecular formula is C18H23ClN4O2. The molecule has 0 bridgehead atoms. The van der Waals surface area contributed by atoms with E-state index in [2.05, 4.69) is 26.3 Å². The maximum absolute atomic E-state index is 5.78. The van der Waals surface area contributed by atoms with E-state index in [1.54, 1.807) is 12.4 Å². The SMILES string of the molecule is Cl.c1cnc(N2CCC(NCc3cccc4c3OCCO4)CC2)nc1. The van der Waals surface area contributed by atoms with E-state index in [9.17, 15) is 0 Å². The molecule has 0 unspecified atom stereocenters. The maximum Gasteiger partial charge on any atom is 0.225 e. The number of benzene rings is 1. The van der Waals surface area contributed by atoms with Crippen LogP contribution in [0.1, 0.15) is 18.4 Å². The number of halogens is 1. The molecule has 0 aliphatic carbocycles. The van der Waals surface area contributed by atoms with Gasteiger partial charge in [-0.3, -0.25) is 0 Å². The van der Waals surface area contributed by atoms with Gasteiger partial charge in [-0.25, -0.2) is 9.97 Å². The van der Waals surface area contributed by atoms with Crippen LogP contribution in [0.5, 0.6) is 11.5 Å². The normalized spacial score (nSPS) is 17.0. The Bertz CT molecular complexity index is 678. The highest BCUT2D eigenvalue weighted by Crippen LogP contribution is 2.33. The van der Waals surface area contributed by atoms with Gasteiger partial charge in [0.2, 0.25) is 5.95 Å². The molecule has 0 saturated carbocycles. The van der Waals surface area contributed by atoms with E-state index in [0.29, 0.717) is 19.3 Å². The molecule has 2 aliphatic rings. The second-order valence-corrected chi connectivity index (χ2v) is 6.13. The zero-order valence-electron chi connectivity index (χ0n) is 14.1. The van der Waals surface area contributed by atoms with E-state index < -0.39 is 0 Å². The molecule has 0 radical (unpaired) electrons. The lowest BCUT2D eigenvalue weighted by Gasteiger charge is -2.32. The third-order valence-corrected chi connectivity index (χ3v) is 4.56. The van der Waals surface area contributed by atoms with E-state index in [4.69, 9.17) is 9.47 Å². The van der Waals surface area contributed by atoms with Gasteiger partial charge in [0.15, 0.2) is 11.5 Å². The van der Waals surface area contributed by atoms with Crippen molar-refractivity contribution in [2.24, 2.45) is 0 Å². The van der Waals surface area contributed by atoms with E-state index in [1.165, 1.54) is 5.56 Å². The van der Waals surface area contributed by atoms with Crippen molar-refractivity contribution in [2.75, 3.05) is 31.2 Å². The molecule has 1 saturated heterocycles. The van der Waals surface area contributed by atoms with Crippen LogP contribution in [0.25, 0.3) is 0 Å². The fourth-order valence-electron chi connectivity index (χ4n) is 3.27.